The summed E-state index contributed by atoms with van der Waals surface area (Å²) in [5, 5.41) is 8.87. The first-order chi connectivity index (χ1) is 7.52. The maximum atomic E-state index is 11.2. The van der Waals surface area contributed by atoms with Gasteiger partial charge in [-0.15, -0.1) is 5.92 Å². The monoisotopic (exact) mass is 228 g/mol. The lowest BCUT2D eigenvalue weighted by atomic mass is 10.0. The molecule has 16 heavy (non-hydrogen) atoms. The van der Waals surface area contributed by atoms with Crippen LogP contribution < -0.4 is 0 Å². The fourth-order valence-corrected chi connectivity index (χ4v) is 1.05. The first-order valence-electron chi connectivity index (χ1n) is 4.85. The SMILES string of the molecule is COC(=O)C(CCC#CC(C)O)C(=O)OC. The van der Waals surface area contributed by atoms with Crippen LogP contribution in [0.3, 0.4) is 0 Å². The van der Waals surface area contributed by atoms with Crippen LogP contribution in [0.5, 0.6) is 0 Å². The minimum atomic E-state index is -0.946. The van der Waals surface area contributed by atoms with E-state index in [4.69, 9.17) is 5.11 Å². The van der Waals surface area contributed by atoms with Crippen LogP contribution in [0.2, 0.25) is 0 Å². The molecule has 0 aromatic carbocycles. The summed E-state index contributed by atoms with van der Waals surface area (Å²) in [4.78, 5) is 22.4. The van der Waals surface area contributed by atoms with Gasteiger partial charge in [0.25, 0.3) is 0 Å². The lowest BCUT2D eigenvalue weighted by Gasteiger charge is -2.10. The highest BCUT2D eigenvalue weighted by atomic mass is 16.5. The number of ether oxygens (including phenoxy) is 2. The molecule has 0 amide bonds. The number of rotatable bonds is 4. The van der Waals surface area contributed by atoms with E-state index in [0.29, 0.717) is 6.42 Å². The van der Waals surface area contributed by atoms with Gasteiger partial charge in [0.05, 0.1) is 14.2 Å². The maximum absolute atomic E-state index is 11.2. The molecule has 5 nitrogen and oxygen atoms in total. The number of hydrogen-bond donors (Lipinski definition) is 1. The second-order valence-electron chi connectivity index (χ2n) is 3.13. The number of hydrogen-bond acceptors (Lipinski definition) is 5. The highest BCUT2D eigenvalue weighted by Crippen LogP contribution is 2.10. The van der Waals surface area contributed by atoms with Crippen molar-refractivity contribution in [2.24, 2.45) is 5.92 Å². The zero-order chi connectivity index (χ0) is 12.6. The molecule has 0 radical (unpaired) electrons. The van der Waals surface area contributed by atoms with Gasteiger partial charge in [-0.05, 0) is 13.3 Å². The normalized spacial score (nSPS) is 11.3. The van der Waals surface area contributed by atoms with Gasteiger partial charge in [0.15, 0.2) is 5.92 Å². The minimum Gasteiger partial charge on any atom is -0.468 e. The van der Waals surface area contributed by atoms with Gasteiger partial charge in [-0.3, -0.25) is 9.59 Å². The van der Waals surface area contributed by atoms with Gasteiger partial charge < -0.3 is 14.6 Å². The summed E-state index contributed by atoms with van der Waals surface area (Å²) in [7, 11) is 2.42. The zero-order valence-corrected chi connectivity index (χ0v) is 9.65. The van der Waals surface area contributed by atoms with Crippen LogP contribution in [0.25, 0.3) is 0 Å². The second-order valence-corrected chi connectivity index (χ2v) is 3.13. The van der Waals surface area contributed by atoms with Crippen LogP contribution in [0.15, 0.2) is 0 Å². The van der Waals surface area contributed by atoms with E-state index in [-0.39, 0.29) is 6.42 Å². The zero-order valence-electron chi connectivity index (χ0n) is 9.65. The van der Waals surface area contributed by atoms with E-state index in [0.717, 1.165) is 0 Å². The lowest BCUT2D eigenvalue weighted by molar-refractivity contribution is -0.159. The van der Waals surface area contributed by atoms with Crippen molar-refractivity contribution in [2.75, 3.05) is 14.2 Å². The van der Waals surface area contributed by atoms with Crippen molar-refractivity contribution in [3.8, 4) is 11.8 Å². The van der Waals surface area contributed by atoms with E-state index in [1.165, 1.54) is 21.1 Å². The molecule has 0 saturated carbocycles. The standard InChI is InChI=1S/C11H16O5/c1-8(12)6-4-5-7-9(10(13)15-2)11(14)16-3/h8-9,12H,5,7H2,1-3H3. The second kappa shape index (κ2) is 7.71. The lowest BCUT2D eigenvalue weighted by Crippen LogP contribution is -2.26. The smallest absolute Gasteiger partial charge is 0.320 e. The molecule has 0 aromatic rings. The Morgan fingerprint density at radius 2 is 1.75 bits per heavy atom. The summed E-state index contributed by atoms with van der Waals surface area (Å²) in [6, 6.07) is 0. The van der Waals surface area contributed by atoms with E-state index >= 15 is 0 Å². The molecule has 0 aromatic heterocycles. The summed E-state index contributed by atoms with van der Waals surface area (Å²) in [6.07, 6.45) is -0.173. The Hall–Kier alpha value is -1.54. The Morgan fingerprint density at radius 3 is 2.12 bits per heavy atom. The highest BCUT2D eigenvalue weighted by Gasteiger charge is 2.27. The Kier molecular flexibility index (Phi) is 6.97. The van der Waals surface area contributed by atoms with Gasteiger partial charge in [0, 0.05) is 6.42 Å². The first kappa shape index (κ1) is 14.5. The Bertz CT molecular complexity index is 281. The molecular weight excluding hydrogens is 212 g/mol. The van der Waals surface area contributed by atoms with Crippen molar-refractivity contribution >= 4 is 11.9 Å². The molecule has 90 valence electrons. The Morgan fingerprint density at radius 1 is 1.25 bits per heavy atom. The fourth-order valence-electron chi connectivity index (χ4n) is 1.05. The molecular formula is C11H16O5. The highest BCUT2D eigenvalue weighted by molar-refractivity contribution is 5.94. The average molecular weight is 228 g/mol. The summed E-state index contributed by atoms with van der Waals surface area (Å²) in [5.74, 6) is 2.96. The van der Waals surface area contributed by atoms with Crippen molar-refractivity contribution in [3.63, 3.8) is 0 Å². The molecule has 0 heterocycles. The maximum Gasteiger partial charge on any atom is 0.320 e. The van der Waals surface area contributed by atoms with Crippen LogP contribution in [-0.4, -0.2) is 37.4 Å². The van der Waals surface area contributed by atoms with Gasteiger partial charge in [-0.2, -0.15) is 0 Å². The van der Waals surface area contributed by atoms with Crippen LogP contribution in [0.1, 0.15) is 19.8 Å². The Balaban J connectivity index is 4.30. The number of aliphatic hydroxyl groups is 1. The molecule has 5 heteroatoms. The predicted molar refractivity (Wildman–Crippen MR) is 56.2 cm³/mol. The van der Waals surface area contributed by atoms with Crippen molar-refractivity contribution < 1.29 is 24.2 Å². The number of aliphatic hydroxyl groups excluding tert-OH is 1. The topological polar surface area (TPSA) is 72.8 Å². The molecule has 0 aliphatic heterocycles. The molecule has 0 saturated heterocycles. The minimum absolute atomic E-state index is 0.221. The van der Waals surface area contributed by atoms with Gasteiger partial charge in [0.1, 0.15) is 6.10 Å². The molecule has 0 spiro atoms. The van der Waals surface area contributed by atoms with Crippen LogP contribution in [-0.2, 0) is 19.1 Å². The van der Waals surface area contributed by atoms with E-state index in [9.17, 15) is 9.59 Å². The molecule has 1 unspecified atom stereocenters. The first-order valence-corrected chi connectivity index (χ1v) is 4.85. The molecule has 1 atom stereocenters. The molecule has 0 aliphatic carbocycles. The van der Waals surface area contributed by atoms with Crippen LogP contribution in [0.4, 0.5) is 0 Å². The summed E-state index contributed by atoms with van der Waals surface area (Å²) in [6.45, 7) is 1.53. The largest absolute Gasteiger partial charge is 0.468 e. The fraction of sp³-hybridized carbons (Fsp3) is 0.636. The van der Waals surface area contributed by atoms with E-state index in [1.54, 1.807) is 0 Å². The third-order valence-electron chi connectivity index (χ3n) is 1.84. The molecule has 0 aliphatic rings. The molecule has 0 rings (SSSR count). The van der Waals surface area contributed by atoms with Crippen molar-refractivity contribution in [3.05, 3.63) is 0 Å². The van der Waals surface area contributed by atoms with Gasteiger partial charge in [-0.25, -0.2) is 0 Å². The molecule has 1 N–H and O–H groups in total. The van der Waals surface area contributed by atoms with E-state index < -0.39 is 24.0 Å². The van der Waals surface area contributed by atoms with Gasteiger partial charge in [-0.1, -0.05) is 5.92 Å². The quantitative estimate of drug-likeness (QED) is 0.420. The van der Waals surface area contributed by atoms with Crippen molar-refractivity contribution in [1.29, 1.82) is 0 Å². The number of methoxy groups -OCH3 is 2. The van der Waals surface area contributed by atoms with E-state index in [2.05, 4.69) is 21.3 Å². The van der Waals surface area contributed by atoms with Crippen molar-refractivity contribution in [1.82, 2.24) is 0 Å². The van der Waals surface area contributed by atoms with E-state index in [1.807, 2.05) is 0 Å². The van der Waals surface area contributed by atoms with Crippen LogP contribution >= 0.6 is 0 Å². The van der Waals surface area contributed by atoms with Crippen LogP contribution in [0, 0.1) is 17.8 Å². The summed E-state index contributed by atoms with van der Waals surface area (Å²) < 4.78 is 8.95. The summed E-state index contributed by atoms with van der Waals surface area (Å²) >= 11 is 0. The summed E-state index contributed by atoms with van der Waals surface area (Å²) in [5.41, 5.74) is 0. The number of carbonyl (C=O) groups is 2. The molecule has 0 fully saturated rings. The predicted octanol–water partition coefficient (Wildman–Crippen LogP) is 0.113. The third kappa shape index (κ3) is 5.37. The van der Waals surface area contributed by atoms with Gasteiger partial charge >= 0.3 is 11.9 Å². The Labute approximate surface area is 94.7 Å². The average Bonchev–Trinajstić information content (AvgIpc) is 2.27. The number of carbonyl (C=O) groups excluding carboxylic acids is 2. The molecule has 0 bridgehead atoms. The van der Waals surface area contributed by atoms with Crippen molar-refractivity contribution in [2.45, 2.75) is 25.9 Å². The third-order valence-corrected chi connectivity index (χ3v) is 1.84. The van der Waals surface area contributed by atoms with Gasteiger partial charge in [0.2, 0.25) is 0 Å². The number of esters is 2.